The molecule has 1 aromatic heterocycles. The Morgan fingerprint density at radius 3 is 2.22 bits per heavy atom. The van der Waals surface area contributed by atoms with Crippen LogP contribution in [0.3, 0.4) is 0 Å². The van der Waals surface area contributed by atoms with E-state index in [1.54, 1.807) is 59.0 Å². The van der Waals surface area contributed by atoms with Crippen LogP contribution in [-0.2, 0) is 9.47 Å². The molecule has 2 aromatic carbocycles. The molecule has 4 rings (SSSR count). The van der Waals surface area contributed by atoms with Crippen molar-refractivity contribution in [3.63, 3.8) is 0 Å². The van der Waals surface area contributed by atoms with Crippen molar-refractivity contribution in [1.82, 2.24) is 9.13 Å². The van der Waals surface area contributed by atoms with Crippen LogP contribution < -0.4 is 11.2 Å². The van der Waals surface area contributed by atoms with Crippen LogP contribution in [0.15, 0.2) is 82.5 Å². The van der Waals surface area contributed by atoms with Crippen molar-refractivity contribution in [2.24, 2.45) is 5.92 Å². The van der Waals surface area contributed by atoms with Crippen LogP contribution in [0.1, 0.15) is 33.9 Å². The minimum atomic E-state index is -2.39. The van der Waals surface area contributed by atoms with E-state index in [0.29, 0.717) is 4.57 Å². The van der Waals surface area contributed by atoms with E-state index in [9.17, 15) is 19.2 Å². The molecule has 3 aromatic rings. The number of carbonyl (C=O) groups is 2. The number of carbonyl (C=O) groups excluding carboxylic acids is 2. The molecule has 0 saturated carbocycles. The summed E-state index contributed by atoms with van der Waals surface area (Å²) in [6.45, 7) is 1.41. The Hall–Kier alpha value is -3.56. The second kappa shape index (κ2) is 9.83. The van der Waals surface area contributed by atoms with Gasteiger partial charge in [-0.25, -0.2) is 14.0 Å². The average Bonchev–Trinajstić information content (AvgIpc) is 3.12. The topological polar surface area (TPSA) is 96.6 Å². The van der Waals surface area contributed by atoms with Gasteiger partial charge in [0.25, 0.3) is 11.5 Å². The molecule has 0 aliphatic carbocycles. The average molecular weight is 602 g/mol. The molecule has 1 fully saturated rings. The lowest BCUT2D eigenvalue weighted by atomic mass is 9.85. The predicted molar refractivity (Wildman–Crippen MR) is 137 cm³/mol. The number of esters is 1. The molecular formula is C26H20FIN2O6. The number of hydrogen-bond acceptors (Lipinski definition) is 6. The first kappa shape index (κ1) is 25.5. The number of ether oxygens (including phenoxy) is 2. The summed E-state index contributed by atoms with van der Waals surface area (Å²) in [5, 5.41) is 0. The van der Waals surface area contributed by atoms with E-state index in [1.165, 1.54) is 31.2 Å². The summed E-state index contributed by atoms with van der Waals surface area (Å²) in [6, 6.07) is 16.6. The van der Waals surface area contributed by atoms with Crippen molar-refractivity contribution in [2.45, 2.75) is 24.6 Å². The van der Waals surface area contributed by atoms with E-state index in [-0.39, 0.29) is 15.6 Å². The molecular weight excluding hydrogens is 582 g/mol. The van der Waals surface area contributed by atoms with Crippen molar-refractivity contribution in [2.75, 3.05) is 4.43 Å². The summed E-state index contributed by atoms with van der Waals surface area (Å²) in [7, 11) is 0. The Morgan fingerprint density at radius 1 is 1.08 bits per heavy atom. The van der Waals surface area contributed by atoms with Gasteiger partial charge in [0.2, 0.25) is 11.5 Å². The first-order valence-electron chi connectivity index (χ1n) is 10.8. The number of halogens is 2. The van der Waals surface area contributed by atoms with Gasteiger partial charge in [0.1, 0.15) is 0 Å². The van der Waals surface area contributed by atoms with E-state index >= 15 is 4.39 Å². The molecule has 4 atom stereocenters. The quantitative estimate of drug-likeness (QED) is 0.193. The minimum absolute atomic E-state index is 0.0842. The maximum atomic E-state index is 15.9. The lowest BCUT2D eigenvalue weighted by Gasteiger charge is -2.32. The number of rotatable bonds is 5. The van der Waals surface area contributed by atoms with Gasteiger partial charge in [-0.05, 0) is 24.3 Å². The molecule has 1 aliphatic rings. The van der Waals surface area contributed by atoms with Gasteiger partial charge in [-0.2, -0.15) is 4.57 Å². The molecule has 8 nitrogen and oxygen atoms in total. The molecule has 0 radical (unpaired) electrons. The van der Waals surface area contributed by atoms with Gasteiger partial charge in [0.15, 0.2) is 6.23 Å². The smallest absolute Gasteiger partial charge is 0.340 e. The molecule has 0 bridgehead atoms. The molecule has 10 heteroatoms. The highest BCUT2D eigenvalue weighted by atomic mass is 127. The van der Waals surface area contributed by atoms with Crippen molar-refractivity contribution in [1.29, 1.82) is 0 Å². The van der Waals surface area contributed by atoms with Gasteiger partial charge in [0, 0.05) is 17.8 Å². The fourth-order valence-electron chi connectivity index (χ4n) is 4.04. The number of terminal acetylenes is 1. The van der Waals surface area contributed by atoms with Crippen LogP contribution in [-0.4, -0.2) is 36.9 Å². The highest BCUT2D eigenvalue weighted by Crippen LogP contribution is 2.52. The van der Waals surface area contributed by atoms with E-state index in [0.717, 1.165) is 16.8 Å². The highest BCUT2D eigenvalue weighted by molar-refractivity contribution is 14.1. The number of alkyl halides is 2. The van der Waals surface area contributed by atoms with E-state index in [1.807, 2.05) is 0 Å². The van der Waals surface area contributed by atoms with Crippen LogP contribution in [0.25, 0.3) is 0 Å². The number of aromatic nitrogens is 2. The molecule has 1 aliphatic heterocycles. The second-order valence-corrected chi connectivity index (χ2v) is 8.92. The van der Waals surface area contributed by atoms with Crippen LogP contribution in [0.5, 0.6) is 0 Å². The fraction of sp³-hybridized carbons (Fsp3) is 0.231. The van der Waals surface area contributed by atoms with Gasteiger partial charge in [-0.1, -0.05) is 71.8 Å². The summed E-state index contributed by atoms with van der Waals surface area (Å²) in [5.41, 5.74) is -3.87. The van der Waals surface area contributed by atoms with Gasteiger partial charge in [-0.3, -0.25) is 14.2 Å². The number of nitrogens with zero attached hydrogens (tertiary/aromatic N) is 2. The minimum Gasteiger partial charge on any atom is -0.437 e. The molecule has 0 spiro atoms. The molecule has 36 heavy (non-hydrogen) atoms. The van der Waals surface area contributed by atoms with Crippen molar-refractivity contribution < 1.29 is 23.5 Å². The van der Waals surface area contributed by atoms with Crippen molar-refractivity contribution in [3.05, 3.63) is 105 Å². The Labute approximate surface area is 218 Å². The summed E-state index contributed by atoms with van der Waals surface area (Å²) in [5.74, 6) is -3.01. The summed E-state index contributed by atoms with van der Waals surface area (Å²) < 4.78 is 28.2. The molecule has 1 saturated heterocycles. The molecule has 0 amide bonds. The Morgan fingerprint density at radius 2 is 1.67 bits per heavy atom. The van der Waals surface area contributed by atoms with Crippen LogP contribution in [0.2, 0.25) is 0 Å². The maximum Gasteiger partial charge on any atom is 0.340 e. The van der Waals surface area contributed by atoms with Crippen LogP contribution in [0.4, 0.5) is 4.39 Å². The maximum absolute atomic E-state index is 15.9. The van der Waals surface area contributed by atoms with Crippen molar-refractivity contribution in [3.8, 4) is 12.3 Å². The third-order valence-electron chi connectivity index (χ3n) is 6.13. The van der Waals surface area contributed by atoms with Crippen LogP contribution in [0, 0.1) is 18.3 Å². The number of benzene rings is 2. The Kier molecular flexibility index (Phi) is 6.97. The Bertz CT molecular complexity index is 1470. The lowest BCUT2D eigenvalue weighted by molar-refractivity contribution is -0.157. The zero-order valence-corrected chi connectivity index (χ0v) is 21.1. The van der Waals surface area contributed by atoms with Gasteiger partial charge in [-0.15, -0.1) is 6.42 Å². The largest absolute Gasteiger partial charge is 0.437 e. The van der Waals surface area contributed by atoms with Gasteiger partial charge >= 0.3 is 11.7 Å². The normalized spacial score (nSPS) is 25.2. The highest BCUT2D eigenvalue weighted by Gasteiger charge is 2.65. The molecule has 184 valence electrons. The molecule has 0 N–H and O–H groups in total. The van der Waals surface area contributed by atoms with E-state index in [4.69, 9.17) is 15.9 Å². The standard InChI is InChI=1S/C26H20FIN2O6/c1-3-25(35-22(33)19-12-8-5-9-13-19)17(2)26(27,16-28)36-23(25)29-15-14-20(31)30(24(29)34)21(32)18-10-6-4-7-11-18/h1,4-15,17,23H,16H2,2H3/t17-,23+,25+,26+/m0/s1. The molecule has 2 heterocycles. The second-order valence-electron chi connectivity index (χ2n) is 8.16. The summed E-state index contributed by atoms with van der Waals surface area (Å²) in [6.07, 6.45) is 5.20. The van der Waals surface area contributed by atoms with Gasteiger partial charge < -0.3 is 9.47 Å². The molecule has 0 unspecified atom stereocenters. The third kappa shape index (κ3) is 4.18. The lowest BCUT2D eigenvalue weighted by Crippen LogP contribution is -2.51. The fourth-order valence-corrected chi connectivity index (χ4v) is 4.88. The first-order valence-corrected chi connectivity index (χ1v) is 12.3. The van der Waals surface area contributed by atoms with E-state index in [2.05, 4.69) is 5.92 Å². The number of hydrogen-bond donors (Lipinski definition) is 0. The Balaban J connectivity index is 1.87. The van der Waals surface area contributed by atoms with E-state index < -0.39 is 46.7 Å². The zero-order valence-electron chi connectivity index (χ0n) is 19.0. The third-order valence-corrected chi connectivity index (χ3v) is 7.17. The SMILES string of the molecule is C#C[C@]1(OC(=O)c2ccccc2)[C@H](n2ccc(=O)n(C(=O)c3ccccc3)c2=O)O[C@](F)(CI)[C@H]1C. The monoisotopic (exact) mass is 602 g/mol. The van der Waals surface area contributed by atoms with Crippen molar-refractivity contribution >= 4 is 34.5 Å². The summed E-state index contributed by atoms with van der Waals surface area (Å²) in [4.78, 5) is 52.0. The first-order chi connectivity index (χ1) is 17.2. The summed E-state index contributed by atoms with van der Waals surface area (Å²) >= 11 is 1.76. The van der Waals surface area contributed by atoms with Crippen LogP contribution >= 0.6 is 22.6 Å². The predicted octanol–water partition coefficient (Wildman–Crippen LogP) is 3.19. The zero-order chi connectivity index (χ0) is 26.1. The van der Waals surface area contributed by atoms with Gasteiger partial charge in [0.05, 0.1) is 15.9 Å².